The van der Waals surface area contributed by atoms with Crippen molar-refractivity contribution in [3.8, 4) is 0 Å². The molecular weight excluding hydrogens is 262 g/mol. The smallest absolute Gasteiger partial charge is 0.265 e. The highest BCUT2D eigenvalue weighted by Crippen LogP contribution is 2.27. The Morgan fingerprint density at radius 1 is 1.32 bits per heavy atom. The van der Waals surface area contributed by atoms with Crippen LogP contribution in [0, 0.1) is 0 Å². The number of rotatable bonds is 5. The van der Waals surface area contributed by atoms with Crippen molar-refractivity contribution in [1.29, 1.82) is 0 Å². The fourth-order valence-electron chi connectivity index (χ4n) is 1.46. The molecule has 0 spiro atoms. The number of thiazole rings is 1. The van der Waals surface area contributed by atoms with Crippen molar-refractivity contribution >= 4 is 33.9 Å². The van der Waals surface area contributed by atoms with Crippen molar-refractivity contribution in [1.82, 2.24) is 10.3 Å². The normalized spacial score (nSPS) is 10.2. The van der Waals surface area contributed by atoms with E-state index >= 15 is 0 Å². The summed E-state index contributed by atoms with van der Waals surface area (Å²) < 4.78 is 0. The zero-order chi connectivity index (χ0) is 13.7. The Morgan fingerprint density at radius 2 is 2.05 bits per heavy atom. The van der Waals surface area contributed by atoms with Gasteiger partial charge in [-0.05, 0) is 12.1 Å². The lowest BCUT2D eigenvalue weighted by Gasteiger charge is -2.01. The molecule has 0 saturated heterocycles. The van der Waals surface area contributed by atoms with Crippen LogP contribution in [0.2, 0.25) is 0 Å². The van der Waals surface area contributed by atoms with Gasteiger partial charge in [0.05, 0.1) is 0 Å². The number of benzene rings is 1. The topological polar surface area (TPSA) is 106 Å². The molecule has 0 atom stereocenters. The standard InChI is InChI=1S/C12H15N5OS/c13-6-7-15-11(18)9-10(14)17-12(19-9)16-8-4-2-1-3-5-8/h1-5H,6-7,13-14H2,(H,15,18)(H,16,17). The minimum atomic E-state index is -0.249. The SMILES string of the molecule is NCCNC(=O)c1sc(Nc2ccccc2)nc1N. The van der Waals surface area contributed by atoms with E-state index in [1.54, 1.807) is 0 Å². The van der Waals surface area contributed by atoms with Gasteiger partial charge >= 0.3 is 0 Å². The lowest BCUT2D eigenvalue weighted by Crippen LogP contribution is -2.28. The van der Waals surface area contributed by atoms with Crippen LogP contribution in [0.5, 0.6) is 0 Å². The number of nitrogens with one attached hydrogen (secondary N) is 2. The molecule has 0 saturated carbocycles. The number of para-hydroxylation sites is 1. The lowest BCUT2D eigenvalue weighted by molar-refractivity contribution is 0.0959. The molecule has 6 nitrogen and oxygen atoms in total. The number of nitrogens with two attached hydrogens (primary N) is 2. The van der Waals surface area contributed by atoms with Crippen LogP contribution in [-0.2, 0) is 0 Å². The highest BCUT2D eigenvalue weighted by Gasteiger charge is 2.15. The number of anilines is 3. The summed E-state index contributed by atoms with van der Waals surface area (Å²) in [7, 11) is 0. The molecule has 19 heavy (non-hydrogen) atoms. The first-order valence-corrected chi connectivity index (χ1v) is 6.59. The molecule has 1 aromatic carbocycles. The van der Waals surface area contributed by atoms with E-state index in [9.17, 15) is 4.79 Å². The molecule has 0 aliphatic heterocycles. The van der Waals surface area contributed by atoms with E-state index in [4.69, 9.17) is 11.5 Å². The number of carbonyl (C=O) groups is 1. The number of nitrogens with zero attached hydrogens (tertiary/aromatic N) is 1. The molecular formula is C12H15N5OS. The molecule has 1 heterocycles. The van der Waals surface area contributed by atoms with Gasteiger partial charge in [0.1, 0.15) is 10.7 Å². The van der Waals surface area contributed by atoms with Crippen LogP contribution in [0.1, 0.15) is 9.67 Å². The number of carbonyl (C=O) groups excluding carboxylic acids is 1. The molecule has 0 radical (unpaired) electrons. The third-order valence-electron chi connectivity index (χ3n) is 2.31. The van der Waals surface area contributed by atoms with Gasteiger partial charge in [0.2, 0.25) is 0 Å². The van der Waals surface area contributed by atoms with E-state index in [0.29, 0.717) is 23.1 Å². The maximum absolute atomic E-state index is 11.8. The lowest BCUT2D eigenvalue weighted by atomic mass is 10.3. The first-order chi connectivity index (χ1) is 9.20. The highest BCUT2D eigenvalue weighted by atomic mass is 32.1. The molecule has 2 rings (SSSR count). The van der Waals surface area contributed by atoms with Crippen molar-refractivity contribution in [3.63, 3.8) is 0 Å². The van der Waals surface area contributed by atoms with Crippen molar-refractivity contribution in [3.05, 3.63) is 35.2 Å². The number of hydrogen-bond acceptors (Lipinski definition) is 6. The highest BCUT2D eigenvalue weighted by molar-refractivity contribution is 7.18. The predicted octanol–water partition coefficient (Wildman–Crippen LogP) is 1.16. The van der Waals surface area contributed by atoms with Gasteiger partial charge in [-0.1, -0.05) is 29.5 Å². The van der Waals surface area contributed by atoms with Gasteiger partial charge in [-0.3, -0.25) is 4.79 Å². The van der Waals surface area contributed by atoms with E-state index in [1.807, 2.05) is 30.3 Å². The maximum Gasteiger partial charge on any atom is 0.265 e. The van der Waals surface area contributed by atoms with Crippen LogP contribution in [0.3, 0.4) is 0 Å². The number of amides is 1. The van der Waals surface area contributed by atoms with Crippen LogP contribution in [0.15, 0.2) is 30.3 Å². The van der Waals surface area contributed by atoms with Gasteiger partial charge in [-0.15, -0.1) is 0 Å². The third kappa shape index (κ3) is 3.43. The van der Waals surface area contributed by atoms with E-state index in [1.165, 1.54) is 11.3 Å². The molecule has 6 N–H and O–H groups in total. The molecule has 0 bridgehead atoms. The van der Waals surface area contributed by atoms with E-state index < -0.39 is 0 Å². The molecule has 1 amide bonds. The summed E-state index contributed by atoms with van der Waals surface area (Å²) in [5.74, 6) is -0.0282. The summed E-state index contributed by atoms with van der Waals surface area (Å²) in [4.78, 5) is 16.3. The molecule has 0 unspecified atom stereocenters. The van der Waals surface area contributed by atoms with Gasteiger partial charge in [-0.2, -0.15) is 0 Å². The summed E-state index contributed by atoms with van der Waals surface area (Å²) in [5.41, 5.74) is 12.0. The van der Waals surface area contributed by atoms with Crippen molar-refractivity contribution in [2.24, 2.45) is 5.73 Å². The predicted molar refractivity (Wildman–Crippen MR) is 77.6 cm³/mol. The van der Waals surface area contributed by atoms with Gasteiger partial charge in [0, 0.05) is 18.8 Å². The summed E-state index contributed by atoms with van der Waals surface area (Å²) in [6.07, 6.45) is 0. The van der Waals surface area contributed by atoms with Gasteiger partial charge in [0.25, 0.3) is 5.91 Å². The second kappa shape index (κ2) is 6.17. The van der Waals surface area contributed by atoms with Crippen LogP contribution < -0.4 is 22.1 Å². The quantitative estimate of drug-likeness (QED) is 0.656. The maximum atomic E-state index is 11.8. The van der Waals surface area contributed by atoms with E-state index in [2.05, 4.69) is 15.6 Å². The Kier molecular flexibility index (Phi) is 4.32. The third-order valence-corrected chi connectivity index (χ3v) is 3.30. The molecule has 1 aromatic heterocycles. The van der Waals surface area contributed by atoms with Crippen molar-refractivity contribution in [2.45, 2.75) is 0 Å². The minimum absolute atomic E-state index is 0.220. The summed E-state index contributed by atoms with van der Waals surface area (Å²) in [6, 6.07) is 9.56. The summed E-state index contributed by atoms with van der Waals surface area (Å²) >= 11 is 1.21. The number of aromatic nitrogens is 1. The first kappa shape index (κ1) is 13.3. The summed E-state index contributed by atoms with van der Waals surface area (Å²) in [6.45, 7) is 0.803. The molecule has 7 heteroatoms. The fourth-order valence-corrected chi connectivity index (χ4v) is 2.28. The molecule has 0 aliphatic carbocycles. The molecule has 2 aromatic rings. The Hall–Kier alpha value is -2.12. The van der Waals surface area contributed by atoms with Crippen LogP contribution >= 0.6 is 11.3 Å². The summed E-state index contributed by atoms with van der Waals surface area (Å²) in [5, 5.41) is 6.35. The average Bonchev–Trinajstić information content (AvgIpc) is 2.78. The fraction of sp³-hybridized carbons (Fsp3) is 0.167. The van der Waals surface area contributed by atoms with Gasteiger partial charge in [-0.25, -0.2) is 4.98 Å². The van der Waals surface area contributed by atoms with Crippen LogP contribution in [0.25, 0.3) is 0 Å². The van der Waals surface area contributed by atoms with Crippen molar-refractivity contribution < 1.29 is 4.79 Å². The Morgan fingerprint density at radius 3 is 2.74 bits per heavy atom. The zero-order valence-electron chi connectivity index (χ0n) is 10.2. The molecule has 0 fully saturated rings. The monoisotopic (exact) mass is 277 g/mol. The van der Waals surface area contributed by atoms with Crippen LogP contribution in [-0.4, -0.2) is 24.0 Å². The molecule has 0 aliphatic rings. The second-order valence-electron chi connectivity index (χ2n) is 3.77. The molecule has 100 valence electrons. The number of nitrogen functional groups attached to an aromatic ring is 1. The Balaban J connectivity index is 2.10. The van der Waals surface area contributed by atoms with Crippen molar-refractivity contribution in [2.75, 3.05) is 24.1 Å². The van der Waals surface area contributed by atoms with E-state index in [-0.39, 0.29) is 11.7 Å². The van der Waals surface area contributed by atoms with Crippen LogP contribution in [0.4, 0.5) is 16.6 Å². The Bertz CT molecular complexity index is 555. The van der Waals surface area contributed by atoms with Gasteiger partial charge in [0.15, 0.2) is 5.13 Å². The Labute approximate surface area is 114 Å². The first-order valence-electron chi connectivity index (χ1n) is 5.77. The second-order valence-corrected chi connectivity index (χ2v) is 4.77. The van der Waals surface area contributed by atoms with E-state index in [0.717, 1.165) is 5.69 Å². The largest absolute Gasteiger partial charge is 0.382 e. The van der Waals surface area contributed by atoms with Gasteiger partial charge < -0.3 is 22.1 Å². The average molecular weight is 277 g/mol. The minimum Gasteiger partial charge on any atom is -0.382 e. The number of hydrogen-bond donors (Lipinski definition) is 4. The zero-order valence-corrected chi connectivity index (χ0v) is 11.0.